The van der Waals surface area contributed by atoms with Crippen molar-refractivity contribution in [2.24, 2.45) is 5.73 Å². The van der Waals surface area contributed by atoms with Gasteiger partial charge in [0, 0.05) is 19.0 Å². The molecule has 0 atom stereocenters. The van der Waals surface area contributed by atoms with Gasteiger partial charge in [0.25, 0.3) is 5.69 Å². The van der Waals surface area contributed by atoms with Crippen molar-refractivity contribution in [2.75, 3.05) is 11.9 Å². The van der Waals surface area contributed by atoms with Gasteiger partial charge in [0.2, 0.25) is 5.91 Å². The van der Waals surface area contributed by atoms with Crippen molar-refractivity contribution in [1.82, 2.24) is 0 Å². The number of hydrogen-bond acceptors (Lipinski definition) is 4. The third-order valence-electron chi connectivity index (χ3n) is 2.26. The Bertz CT molecular complexity index is 432. The minimum Gasteiger partial charge on any atom is -0.379 e. The predicted molar refractivity (Wildman–Crippen MR) is 64.8 cm³/mol. The number of carbonyl (C=O) groups excluding carboxylic acids is 1. The number of aryl methyl sites for hydroxylation is 1. The van der Waals surface area contributed by atoms with E-state index < -0.39 is 4.92 Å². The normalized spacial score (nSPS) is 9.94. The highest BCUT2D eigenvalue weighted by Crippen LogP contribution is 2.25. The topological polar surface area (TPSA) is 98.3 Å². The number of nitro benzene ring substituents is 1. The van der Waals surface area contributed by atoms with Gasteiger partial charge >= 0.3 is 0 Å². The Balaban J connectivity index is 2.65. The number of primary amides is 1. The number of carbonyl (C=O) groups is 1. The van der Waals surface area contributed by atoms with Crippen LogP contribution in [0.15, 0.2) is 18.2 Å². The van der Waals surface area contributed by atoms with Gasteiger partial charge in [0.15, 0.2) is 0 Å². The van der Waals surface area contributed by atoms with Crippen molar-refractivity contribution in [1.29, 1.82) is 0 Å². The molecule has 0 spiro atoms. The molecule has 0 bridgehead atoms. The molecule has 6 nitrogen and oxygen atoms in total. The Labute approximate surface area is 99.0 Å². The number of nitro groups is 1. The zero-order valence-corrected chi connectivity index (χ0v) is 9.60. The lowest BCUT2D eigenvalue weighted by Gasteiger charge is -2.07. The minimum atomic E-state index is -0.435. The third-order valence-corrected chi connectivity index (χ3v) is 2.26. The zero-order chi connectivity index (χ0) is 12.8. The summed E-state index contributed by atoms with van der Waals surface area (Å²) in [5, 5.41) is 13.7. The summed E-state index contributed by atoms with van der Waals surface area (Å²) in [6, 6.07) is 4.86. The Morgan fingerprint density at radius 1 is 1.53 bits per heavy atom. The second-order valence-electron chi connectivity index (χ2n) is 3.77. The Morgan fingerprint density at radius 2 is 2.24 bits per heavy atom. The number of hydrogen-bond donors (Lipinski definition) is 2. The number of rotatable bonds is 6. The van der Waals surface area contributed by atoms with Crippen molar-refractivity contribution in [3.05, 3.63) is 33.9 Å². The monoisotopic (exact) mass is 237 g/mol. The average molecular weight is 237 g/mol. The van der Waals surface area contributed by atoms with Crippen LogP contribution in [-0.4, -0.2) is 17.4 Å². The highest BCUT2D eigenvalue weighted by molar-refractivity contribution is 5.73. The molecule has 0 unspecified atom stereocenters. The maximum absolute atomic E-state index is 10.8. The van der Waals surface area contributed by atoms with Gasteiger partial charge in [-0.1, -0.05) is 6.07 Å². The van der Waals surface area contributed by atoms with Crippen molar-refractivity contribution < 1.29 is 9.72 Å². The molecule has 0 aliphatic rings. The first-order valence-corrected chi connectivity index (χ1v) is 5.28. The number of amides is 1. The Morgan fingerprint density at radius 3 is 2.82 bits per heavy atom. The Kier molecular flexibility index (Phi) is 4.45. The fourth-order valence-corrected chi connectivity index (χ4v) is 1.44. The summed E-state index contributed by atoms with van der Waals surface area (Å²) in [7, 11) is 0. The summed E-state index contributed by atoms with van der Waals surface area (Å²) in [5.41, 5.74) is 6.45. The number of nitrogens with zero attached hydrogens (tertiary/aromatic N) is 1. The summed E-state index contributed by atoms with van der Waals surface area (Å²) >= 11 is 0. The van der Waals surface area contributed by atoms with Crippen LogP contribution in [-0.2, 0) is 4.79 Å². The van der Waals surface area contributed by atoms with E-state index in [9.17, 15) is 14.9 Å². The molecule has 92 valence electrons. The number of benzene rings is 1. The van der Waals surface area contributed by atoms with E-state index in [0.717, 1.165) is 5.56 Å². The van der Waals surface area contributed by atoms with Gasteiger partial charge in [-0.3, -0.25) is 14.9 Å². The van der Waals surface area contributed by atoms with Gasteiger partial charge in [0.05, 0.1) is 4.92 Å². The van der Waals surface area contributed by atoms with Crippen LogP contribution in [0.4, 0.5) is 11.4 Å². The molecule has 0 fully saturated rings. The van der Waals surface area contributed by atoms with Crippen molar-refractivity contribution >= 4 is 17.3 Å². The van der Waals surface area contributed by atoms with Crippen molar-refractivity contribution in [3.8, 4) is 0 Å². The van der Waals surface area contributed by atoms with Crippen LogP contribution < -0.4 is 11.1 Å². The first-order chi connectivity index (χ1) is 8.00. The molecule has 3 N–H and O–H groups in total. The highest BCUT2D eigenvalue weighted by atomic mass is 16.6. The number of anilines is 1. The molecular formula is C11H15N3O3. The average Bonchev–Trinajstić information content (AvgIpc) is 2.23. The maximum atomic E-state index is 10.8. The summed E-state index contributed by atoms with van der Waals surface area (Å²) in [4.78, 5) is 20.9. The standard InChI is InChI=1S/C11H15N3O3/c1-8-4-5-10(14(16)17)9(7-8)13-6-2-3-11(12)15/h4-5,7,13H,2-3,6H2,1H3,(H2,12,15). The smallest absolute Gasteiger partial charge is 0.292 e. The molecule has 0 aliphatic carbocycles. The second kappa shape index (κ2) is 5.83. The fourth-order valence-electron chi connectivity index (χ4n) is 1.44. The largest absolute Gasteiger partial charge is 0.379 e. The molecule has 0 saturated carbocycles. The predicted octanol–water partition coefficient (Wildman–Crippen LogP) is 1.58. The molecule has 1 aromatic carbocycles. The molecule has 1 aromatic rings. The van der Waals surface area contributed by atoms with Gasteiger partial charge in [-0.05, 0) is 25.0 Å². The molecule has 1 amide bonds. The number of nitrogens with one attached hydrogen (secondary N) is 1. The molecule has 6 heteroatoms. The lowest BCUT2D eigenvalue weighted by atomic mass is 10.2. The first-order valence-electron chi connectivity index (χ1n) is 5.28. The zero-order valence-electron chi connectivity index (χ0n) is 9.60. The van der Waals surface area contributed by atoms with E-state index in [2.05, 4.69) is 5.32 Å². The quantitative estimate of drug-likeness (QED) is 0.445. The van der Waals surface area contributed by atoms with Crippen molar-refractivity contribution in [2.45, 2.75) is 19.8 Å². The van der Waals surface area contributed by atoms with E-state index in [1.165, 1.54) is 6.07 Å². The van der Waals surface area contributed by atoms with Crippen LogP contribution in [0, 0.1) is 17.0 Å². The van der Waals surface area contributed by atoms with Gasteiger partial charge < -0.3 is 11.1 Å². The van der Waals surface area contributed by atoms with E-state index in [1.807, 2.05) is 6.92 Å². The van der Waals surface area contributed by atoms with E-state index in [-0.39, 0.29) is 18.0 Å². The first kappa shape index (κ1) is 13.0. The molecule has 0 aromatic heterocycles. The van der Waals surface area contributed by atoms with Crippen molar-refractivity contribution in [3.63, 3.8) is 0 Å². The third kappa shape index (κ3) is 4.10. The molecule has 1 rings (SSSR count). The molecule has 0 radical (unpaired) electrons. The lowest BCUT2D eigenvalue weighted by molar-refractivity contribution is -0.384. The molecule has 0 heterocycles. The summed E-state index contributed by atoms with van der Waals surface area (Å²) in [5.74, 6) is -0.370. The molecule has 0 saturated heterocycles. The van der Waals surface area contributed by atoms with E-state index in [1.54, 1.807) is 12.1 Å². The van der Waals surface area contributed by atoms with Gasteiger partial charge in [-0.2, -0.15) is 0 Å². The SMILES string of the molecule is Cc1ccc([N+](=O)[O-])c(NCCCC(N)=O)c1. The van der Waals surface area contributed by atoms with Gasteiger partial charge in [-0.25, -0.2) is 0 Å². The van der Waals surface area contributed by atoms with E-state index >= 15 is 0 Å². The van der Waals surface area contributed by atoms with E-state index in [4.69, 9.17) is 5.73 Å². The van der Waals surface area contributed by atoms with Gasteiger partial charge in [-0.15, -0.1) is 0 Å². The number of nitrogens with two attached hydrogens (primary N) is 1. The van der Waals surface area contributed by atoms with E-state index in [0.29, 0.717) is 18.7 Å². The second-order valence-corrected chi connectivity index (χ2v) is 3.77. The van der Waals surface area contributed by atoms with Crippen LogP contribution in [0.3, 0.4) is 0 Å². The lowest BCUT2D eigenvalue weighted by Crippen LogP contribution is -2.13. The maximum Gasteiger partial charge on any atom is 0.292 e. The van der Waals surface area contributed by atoms with Crippen LogP contribution in [0.1, 0.15) is 18.4 Å². The summed E-state index contributed by atoms with van der Waals surface area (Å²) in [6.45, 7) is 2.34. The molecular weight excluding hydrogens is 222 g/mol. The Hall–Kier alpha value is -2.11. The van der Waals surface area contributed by atoms with Crippen LogP contribution in [0.5, 0.6) is 0 Å². The highest BCUT2D eigenvalue weighted by Gasteiger charge is 2.12. The van der Waals surface area contributed by atoms with Crippen LogP contribution in [0.25, 0.3) is 0 Å². The minimum absolute atomic E-state index is 0.0367. The fraction of sp³-hybridized carbons (Fsp3) is 0.364. The van der Waals surface area contributed by atoms with Crippen LogP contribution >= 0.6 is 0 Å². The van der Waals surface area contributed by atoms with Gasteiger partial charge in [0.1, 0.15) is 5.69 Å². The molecule has 17 heavy (non-hydrogen) atoms. The summed E-state index contributed by atoms with van der Waals surface area (Å²) in [6.07, 6.45) is 0.826. The molecule has 0 aliphatic heterocycles. The van der Waals surface area contributed by atoms with Crippen LogP contribution in [0.2, 0.25) is 0 Å². The summed E-state index contributed by atoms with van der Waals surface area (Å²) < 4.78 is 0.